The van der Waals surface area contributed by atoms with Crippen molar-refractivity contribution in [2.45, 2.75) is 66.2 Å². The van der Waals surface area contributed by atoms with Crippen molar-refractivity contribution in [3.63, 3.8) is 0 Å². The Morgan fingerprint density at radius 3 is 1.80 bits per heavy atom. The summed E-state index contributed by atoms with van der Waals surface area (Å²) in [5.74, 6) is 0.584. The van der Waals surface area contributed by atoms with Crippen molar-refractivity contribution in [3.05, 3.63) is 0 Å². The molecular formula is C12H28O2Si. The van der Waals surface area contributed by atoms with Gasteiger partial charge in [-0.2, -0.15) is 0 Å². The van der Waals surface area contributed by atoms with Crippen LogP contribution in [-0.2, 0) is 8.85 Å². The Balaban J connectivity index is 4.48. The van der Waals surface area contributed by atoms with Crippen LogP contribution in [0.5, 0.6) is 0 Å². The minimum atomic E-state index is -1.89. The molecule has 0 aromatic rings. The van der Waals surface area contributed by atoms with Gasteiger partial charge in [-0.25, -0.2) is 0 Å². The topological polar surface area (TPSA) is 18.5 Å². The predicted octanol–water partition coefficient (Wildman–Crippen LogP) is 3.96. The zero-order valence-corrected chi connectivity index (χ0v) is 12.3. The molecule has 0 rings (SSSR count). The second kappa shape index (κ2) is 7.42. The minimum absolute atomic E-state index is 0.364. The first-order valence-corrected chi connectivity index (χ1v) is 8.60. The van der Waals surface area contributed by atoms with E-state index in [4.69, 9.17) is 8.85 Å². The van der Waals surface area contributed by atoms with Crippen molar-refractivity contribution >= 4 is 8.56 Å². The third kappa shape index (κ3) is 4.66. The monoisotopic (exact) mass is 232 g/mol. The number of rotatable bonds is 8. The fraction of sp³-hybridized carbons (Fsp3) is 1.00. The third-order valence-electron chi connectivity index (χ3n) is 3.00. The molecule has 0 aromatic heterocycles. The molecule has 0 saturated carbocycles. The standard InChI is InChI=1S/C12H28O2Si/c1-7-12(11(5)6)14-15(9-3,10-4)13-8-2/h11-12H,7-10H2,1-6H3. The van der Waals surface area contributed by atoms with Crippen LogP contribution in [0.25, 0.3) is 0 Å². The van der Waals surface area contributed by atoms with Crippen molar-refractivity contribution in [3.8, 4) is 0 Å². The van der Waals surface area contributed by atoms with Gasteiger partial charge < -0.3 is 8.85 Å². The molecule has 0 aliphatic carbocycles. The molecule has 0 aromatic carbocycles. The Kier molecular flexibility index (Phi) is 7.48. The van der Waals surface area contributed by atoms with Gasteiger partial charge in [-0.15, -0.1) is 0 Å². The average Bonchev–Trinajstić information content (AvgIpc) is 2.24. The van der Waals surface area contributed by atoms with Crippen molar-refractivity contribution in [2.75, 3.05) is 6.61 Å². The van der Waals surface area contributed by atoms with Gasteiger partial charge in [0.15, 0.2) is 0 Å². The highest BCUT2D eigenvalue weighted by molar-refractivity contribution is 6.67. The average molecular weight is 232 g/mol. The van der Waals surface area contributed by atoms with Gasteiger partial charge in [0.05, 0.1) is 0 Å². The van der Waals surface area contributed by atoms with Crippen LogP contribution in [0.4, 0.5) is 0 Å². The van der Waals surface area contributed by atoms with Crippen LogP contribution in [0.3, 0.4) is 0 Å². The molecule has 2 nitrogen and oxygen atoms in total. The van der Waals surface area contributed by atoms with Gasteiger partial charge in [0, 0.05) is 12.7 Å². The molecule has 0 bridgehead atoms. The molecule has 0 N–H and O–H groups in total. The van der Waals surface area contributed by atoms with Gasteiger partial charge in [-0.1, -0.05) is 34.6 Å². The summed E-state index contributed by atoms with van der Waals surface area (Å²) in [5.41, 5.74) is 0. The zero-order chi connectivity index (χ0) is 11.9. The SMILES string of the molecule is CCO[Si](CC)(CC)OC(CC)C(C)C. The fourth-order valence-electron chi connectivity index (χ4n) is 1.88. The molecular weight excluding hydrogens is 204 g/mol. The summed E-state index contributed by atoms with van der Waals surface area (Å²) in [5, 5.41) is 0. The predicted molar refractivity (Wildman–Crippen MR) is 68.3 cm³/mol. The highest BCUT2D eigenvalue weighted by Gasteiger charge is 2.36. The van der Waals surface area contributed by atoms with Gasteiger partial charge in [0.2, 0.25) is 0 Å². The van der Waals surface area contributed by atoms with Crippen LogP contribution in [0.2, 0.25) is 12.1 Å². The normalized spacial score (nSPS) is 14.6. The molecule has 0 amide bonds. The van der Waals surface area contributed by atoms with E-state index in [2.05, 4.69) is 41.5 Å². The van der Waals surface area contributed by atoms with Crippen molar-refractivity contribution in [2.24, 2.45) is 5.92 Å². The maximum absolute atomic E-state index is 6.30. The van der Waals surface area contributed by atoms with E-state index in [1.54, 1.807) is 0 Å². The molecule has 0 aliphatic rings. The summed E-state index contributed by atoms with van der Waals surface area (Å²) in [6.45, 7) is 13.9. The van der Waals surface area contributed by atoms with Gasteiger partial charge in [0.1, 0.15) is 0 Å². The Morgan fingerprint density at radius 2 is 1.53 bits per heavy atom. The molecule has 1 atom stereocenters. The van der Waals surface area contributed by atoms with Crippen LogP contribution in [-0.4, -0.2) is 21.3 Å². The largest absolute Gasteiger partial charge is 0.394 e. The lowest BCUT2D eigenvalue weighted by Gasteiger charge is -2.34. The Morgan fingerprint density at radius 1 is 1.00 bits per heavy atom. The Bertz CT molecular complexity index is 156. The Hall–Kier alpha value is 0.137. The molecule has 0 radical (unpaired) electrons. The quantitative estimate of drug-likeness (QED) is 0.590. The first-order valence-electron chi connectivity index (χ1n) is 6.36. The molecule has 0 fully saturated rings. The molecule has 0 heterocycles. The van der Waals surface area contributed by atoms with Crippen molar-refractivity contribution in [1.29, 1.82) is 0 Å². The van der Waals surface area contributed by atoms with E-state index in [-0.39, 0.29) is 0 Å². The number of hydrogen-bond donors (Lipinski definition) is 0. The van der Waals surface area contributed by atoms with E-state index in [1.807, 2.05) is 0 Å². The van der Waals surface area contributed by atoms with Crippen LogP contribution < -0.4 is 0 Å². The molecule has 1 unspecified atom stereocenters. The summed E-state index contributed by atoms with van der Waals surface area (Å²) < 4.78 is 12.2. The van der Waals surface area contributed by atoms with Crippen molar-refractivity contribution < 1.29 is 8.85 Å². The lowest BCUT2D eigenvalue weighted by molar-refractivity contribution is 0.0824. The highest BCUT2D eigenvalue weighted by Crippen LogP contribution is 2.24. The maximum atomic E-state index is 6.30. The molecule has 3 heteroatoms. The second-order valence-electron chi connectivity index (χ2n) is 4.36. The molecule has 0 saturated heterocycles. The van der Waals surface area contributed by atoms with E-state index in [1.165, 1.54) is 0 Å². The van der Waals surface area contributed by atoms with Crippen LogP contribution >= 0.6 is 0 Å². The fourth-order valence-corrected chi connectivity index (χ4v) is 4.71. The summed E-state index contributed by atoms with van der Waals surface area (Å²) >= 11 is 0. The van der Waals surface area contributed by atoms with E-state index < -0.39 is 8.56 Å². The zero-order valence-electron chi connectivity index (χ0n) is 11.3. The summed E-state index contributed by atoms with van der Waals surface area (Å²) in [4.78, 5) is 0. The molecule has 0 spiro atoms. The summed E-state index contributed by atoms with van der Waals surface area (Å²) in [6, 6.07) is 2.11. The smallest absolute Gasteiger partial charge is 0.337 e. The summed E-state index contributed by atoms with van der Waals surface area (Å²) in [7, 11) is -1.89. The lowest BCUT2D eigenvalue weighted by Crippen LogP contribution is -2.45. The Labute approximate surface area is 96.6 Å². The van der Waals surface area contributed by atoms with Crippen molar-refractivity contribution in [1.82, 2.24) is 0 Å². The van der Waals surface area contributed by atoms with Crippen LogP contribution in [0.1, 0.15) is 48.0 Å². The van der Waals surface area contributed by atoms with E-state index in [9.17, 15) is 0 Å². The van der Waals surface area contributed by atoms with Crippen LogP contribution in [0.15, 0.2) is 0 Å². The minimum Gasteiger partial charge on any atom is -0.394 e. The highest BCUT2D eigenvalue weighted by atomic mass is 28.4. The van der Waals surface area contributed by atoms with E-state index in [0.717, 1.165) is 25.1 Å². The molecule has 92 valence electrons. The van der Waals surface area contributed by atoms with Gasteiger partial charge in [0.25, 0.3) is 0 Å². The molecule has 0 aliphatic heterocycles. The molecule has 15 heavy (non-hydrogen) atoms. The van der Waals surface area contributed by atoms with E-state index in [0.29, 0.717) is 12.0 Å². The lowest BCUT2D eigenvalue weighted by atomic mass is 10.1. The first kappa shape index (κ1) is 15.1. The van der Waals surface area contributed by atoms with E-state index >= 15 is 0 Å². The van der Waals surface area contributed by atoms with Gasteiger partial charge in [-0.05, 0) is 31.4 Å². The third-order valence-corrected chi connectivity index (χ3v) is 6.70. The first-order chi connectivity index (χ1) is 7.05. The summed E-state index contributed by atoms with van der Waals surface area (Å²) in [6.07, 6.45) is 1.45. The van der Waals surface area contributed by atoms with Gasteiger partial charge >= 0.3 is 8.56 Å². The maximum Gasteiger partial charge on any atom is 0.337 e. The number of hydrogen-bond acceptors (Lipinski definition) is 2. The second-order valence-corrected chi connectivity index (χ2v) is 8.12. The van der Waals surface area contributed by atoms with Crippen LogP contribution in [0, 0.1) is 5.92 Å². The van der Waals surface area contributed by atoms with Gasteiger partial charge in [-0.3, -0.25) is 0 Å².